The Morgan fingerprint density at radius 2 is 2.30 bits per heavy atom. The van der Waals surface area contributed by atoms with Crippen LogP contribution in [0.25, 0.3) is 0 Å². The largest absolute Gasteiger partial charge is 0.452 e. The molecule has 7 heteroatoms. The molecule has 2 aromatic rings. The average molecular weight is 274 g/mol. The molecule has 0 atom stereocenters. The molecule has 0 radical (unpaired) electrons. The molecule has 0 saturated heterocycles. The van der Waals surface area contributed by atoms with Crippen LogP contribution in [0, 0.1) is 6.92 Å². The lowest BCUT2D eigenvalue weighted by Crippen LogP contribution is -2.07. The van der Waals surface area contributed by atoms with Crippen molar-refractivity contribution in [3.63, 3.8) is 0 Å². The number of anilines is 1. The van der Waals surface area contributed by atoms with Crippen LogP contribution < -0.4 is 5.32 Å². The summed E-state index contributed by atoms with van der Waals surface area (Å²) < 4.78 is 10.2. The van der Waals surface area contributed by atoms with E-state index in [4.69, 9.17) is 9.15 Å². The number of ether oxygens (including phenoxy) is 1. The third-order valence-electron chi connectivity index (χ3n) is 2.82. The minimum absolute atomic E-state index is 0.0399. The Bertz CT molecular complexity index is 604. The molecule has 1 fully saturated rings. The molecule has 0 amide bonds. The van der Waals surface area contributed by atoms with Gasteiger partial charge in [0, 0.05) is 19.2 Å². The molecule has 0 aromatic carbocycles. The van der Waals surface area contributed by atoms with Crippen LogP contribution in [-0.4, -0.2) is 27.2 Å². The second-order valence-corrected chi connectivity index (χ2v) is 4.64. The molecule has 0 aliphatic heterocycles. The van der Waals surface area contributed by atoms with Crippen molar-refractivity contribution in [2.45, 2.75) is 32.4 Å². The molecule has 0 bridgehead atoms. The normalized spacial score (nSPS) is 14.1. The van der Waals surface area contributed by atoms with Gasteiger partial charge < -0.3 is 14.5 Å². The Morgan fingerprint density at radius 1 is 1.45 bits per heavy atom. The predicted molar refractivity (Wildman–Crippen MR) is 69.0 cm³/mol. The minimum atomic E-state index is -0.466. The van der Waals surface area contributed by atoms with Gasteiger partial charge in [-0.3, -0.25) is 0 Å². The molecule has 1 saturated carbocycles. The molecule has 3 rings (SSSR count). The van der Waals surface area contributed by atoms with Crippen LogP contribution >= 0.6 is 0 Å². The first-order valence-electron chi connectivity index (χ1n) is 6.39. The lowest BCUT2D eigenvalue weighted by molar-refractivity contribution is 0.0436. The Kier molecular flexibility index (Phi) is 3.32. The summed E-state index contributed by atoms with van der Waals surface area (Å²) in [5, 5.41) is 10.6. The van der Waals surface area contributed by atoms with Crippen molar-refractivity contribution in [1.29, 1.82) is 0 Å². The van der Waals surface area contributed by atoms with E-state index in [9.17, 15) is 4.79 Å². The van der Waals surface area contributed by atoms with Gasteiger partial charge in [0.25, 0.3) is 5.89 Å². The van der Waals surface area contributed by atoms with Crippen molar-refractivity contribution >= 4 is 11.8 Å². The van der Waals surface area contributed by atoms with E-state index >= 15 is 0 Å². The second kappa shape index (κ2) is 5.28. The van der Waals surface area contributed by atoms with Gasteiger partial charge in [-0.2, -0.15) is 0 Å². The smallest absolute Gasteiger partial charge is 0.340 e. The second-order valence-electron chi connectivity index (χ2n) is 4.64. The number of carbonyl (C=O) groups excluding carboxylic acids is 1. The first kappa shape index (κ1) is 12.6. The van der Waals surface area contributed by atoms with E-state index in [1.807, 2.05) is 0 Å². The number of hydrogen-bond donors (Lipinski definition) is 1. The fourth-order valence-corrected chi connectivity index (χ4v) is 1.64. The van der Waals surface area contributed by atoms with E-state index in [-0.39, 0.29) is 12.5 Å². The molecular weight excluding hydrogens is 260 g/mol. The van der Waals surface area contributed by atoms with Crippen LogP contribution in [0.4, 0.5) is 5.82 Å². The Labute approximate surface area is 115 Å². The molecule has 1 aliphatic rings. The van der Waals surface area contributed by atoms with Crippen molar-refractivity contribution in [2.75, 3.05) is 5.32 Å². The van der Waals surface area contributed by atoms with Crippen molar-refractivity contribution in [3.8, 4) is 0 Å². The van der Waals surface area contributed by atoms with Gasteiger partial charge in [-0.25, -0.2) is 9.78 Å². The molecule has 2 aromatic heterocycles. The monoisotopic (exact) mass is 274 g/mol. The average Bonchev–Trinajstić information content (AvgIpc) is 3.17. The predicted octanol–water partition coefficient (Wildman–Crippen LogP) is 1.70. The van der Waals surface area contributed by atoms with Crippen LogP contribution in [0.2, 0.25) is 0 Å². The van der Waals surface area contributed by atoms with Crippen LogP contribution in [0.1, 0.15) is 35.0 Å². The zero-order valence-electron chi connectivity index (χ0n) is 11.0. The number of esters is 1. The van der Waals surface area contributed by atoms with Crippen LogP contribution in [0.5, 0.6) is 0 Å². The zero-order chi connectivity index (χ0) is 13.9. The number of aromatic nitrogens is 3. The van der Waals surface area contributed by atoms with Gasteiger partial charge in [0.05, 0.1) is 5.56 Å². The quantitative estimate of drug-likeness (QED) is 0.830. The highest BCUT2D eigenvalue weighted by Gasteiger charge is 2.21. The number of carbonyl (C=O) groups is 1. The van der Waals surface area contributed by atoms with E-state index in [1.54, 1.807) is 19.1 Å². The van der Waals surface area contributed by atoms with Gasteiger partial charge in [0.1, 0.15) is 5.82 Å². The molecule has 2 heterocycles. The van der Waals surface area contributed by atoms with Crippen LogP contribution in [-0.2, 0) is 11.3 Å². The summed E-state index contributed by atoms with van der Waals surface area (Å²) in [5.74, 6) is 1.02. The molecular formula is C13H14N4O3. The molecule has 7 nitrogen and oxygen atoms in total. The van der Waals surface area contributed by atoms with Crippen LogP contribution in [0.3, 0.4) is 0 Å². The minimum Gasteiger partial charge on any atom is -0.452 e. The first-order valence-corrected chi connectivity index (χ1v) is 6.39. The Hall–Kier alpha value is -2.44. The Morgan fingerprint density at radius 3 is 2.90 bits per heavy atom. The lowest BCUT2D eigenvalue weighted by Gasteiger charge is -2.05. The SMILES string of the molecule is Cc1nnc(COC(=O)c2ccc(NC3CC3)nc2)o1. The molecule has 0 spiro atoms. The van der Waals surface area contributed by atoms with Crippen molar-refractivity contribution in [3.05, 3.63) is 35.7 Å². The number of hydrogen-bond acceptors (Lipinski definition) is 7. The topological polar surface area (TPSA) is 90.1 Å². The van der Waals surface area contributed by atoms with E-state index in [0.29, 0.717) is 17.5 Å². The van der Waals surface area contributed by atoms with Gasteiger partial charge in [-0.1, -0.05) is 0 Å². The van der Waals surface area contributed by atoms with Crippen molar-refractivity contribution in [1.82, 2.24) is 15.2 Å². The van der Waals surface area contributed by atoms with Gasteiger partial charge in [0.2, 0.25) is 5.89 Å². The van der Waals surface area contributed by atoms with E-state index in [2.05, 4.69) is 20.5 Å². The summed E-state index contributed by atoms with van der Waals surface area (Å²) in [6, 6.07) is 3.98. The first-order chi connectivity index (χ1) is 9.70. The summed E-state index contributed by atoms with van der Waals surface area (Å²) in [5.41, 5.74) is 0.391. The van der Waals surface area contributed by atoms with Crippen molar-refractivity contribution < 1.29 is 13.9 Å². The number of pyridine rings is 1. The summed E-state index contributed by atoms with van der Waals surface area (Å²) in [6.45, 7) is 1.63. The fourth-order valence-electron chi connectivity index (χ4n) is 1.64. The fraction of sp³-hybridized carbons (Fsp3) is 0.385. The zero-order valence-corrected chi connectivity index (χ0v) is 11.0. The molecule has 1 aliphatic carbocycles. The maximum Gasteiger partial charge on any atom is 0.340 e. The van der Waals surface area contributed by atoms with Gasteiger partial charge >= 0.3 is 5.97 Å². The van der Waals surface area contributed by atoms with E-state index in [1.165, 1.54) is 19.0 Å². The highest BCUT2D eigenvalue weighted by atomic mass is 16.5. The van der Waals surface area contributed by atoms with Crippen molar-refractivity contribution in [2.24, 2.45) is 0 Å². The number of nitrogens with zero attached hydrogens (tertiary/aromatic N) is 3. The van der Waals surface area contributed by atoms with E-state index in [0.717, 1.165) is 5.82 Å². The maximum atomic E-state index is 11.8. The van der Waals surface area contributed by atoms with Gasteiger partial charge in [-0.15, -0.1) is 10.2 Å². The summed E-state index contributed by atoms with van der Waals surface area (Å²) in [6.07, 6.45) is 3.84. The van der Waals surface area contributed by atoms with E-state index < -0.39 is 5.97 Å². The highest BCUT2D eigenvalue weighted by Crippen LogP contribution is 2.23. The Balaban J connectivity index is 1.55. The van der Waals surface area contributed by atoms with Crippen LogP contribution in [0.15, 0.2) is 22.7 Å². The van der Waals surface area contributed by atoms with Gasteiger partial charge in [0.15, 0.2) is 6.61 Å². The molecule has 0 unspecified atom stereocenters. The summed E-state index contributed by atoms with van der Waals surface area (Å²) >= 11 is 0. The number of rotatable bonds is 5. The summed E-state index contributed by atoms with van der Waals surface area (Å²) in [7, 11) is 0. The standard InChI is InChI=1S/C13H14N4O3/c1-8-16-17-12(20-8)7-19-13(18)9-2-5-11(14-6-9)15-10-3-4-10/h2,5-6,10H,3-4,7H2,1H3,(H,14,15). The molecule has 20 heavy (non-hydrogen) atoms. The lowest BCUT2D eigenvalue weighted by atomic mass is 10.3. The number of aryl methyl sites for hydroxylation is 1. The van der Waals surface area contributed by atoms with Gasteiger partial charge in [-0.05, 0) is 25.0 Å². The third kappa shape index (κ3) is 3.11. The molecule has 1 N–H and O–H groups in total. The third-order valence-corrected chi connectivity index (χ3v) is 2.82. The summed E-state index contributed by atoms with van der Waals surface area (Å²) in [4.78, 5) is 16.0. The highest BCUT2D eigenvalue weighted by molar-refractivity contribution is 5.89. The number of nitrogens with one attached hydrogen (secondary N) is 1. The molecule has 104 valence electrons. The maximum absolute atomic E-state index is 11.8.